The molecule has 0 aliphatic carbocycles. The predicted molar refractivity (Wildman–Crippen MR) is 122 cm³/mol. The number of carbonyl (C=O) groups excluding carboxylic acids is 1. The summed E-state index contributed by atoms with van der Waals surface area (Å²) >= 11 is 0. The highest BCUT2D eigenvalue weighted by Crippen LogP contribution is 2.37. The van der Waals surface area contributed by atoms with Crippen LogP contribution in [0.25, 0.3) is 10.9 Å². The van der Waals surface area contributed by atoms with E-state index in [1.807, 2.05) is 26.3 Å². The van der Waals surface area contributed by atoms with Crippen LogP contribution in [0.4, 0.5) is 5.69 Å². The Kier molecular flexibility index (Phi) is 6.42. The summed E-state index contributed by atoms with van der Waals surface area (Å²) in [5, 5.41) is 5.54. The second-order valence-corrected chi connectivity index (χ2v) is 8.57. The third kappa shape index (κ3) is 4.53. The van der Waals surface area contributed by atoms with Crippen LogP contribution in [0, 0.1) is 0 Å². The van der Waals surface area contributed by atoms with Crippen LogP contribution in [-0.4, -0.2) is 37.6 Å². The number of rotatable bonds is 6. The van der Waals surface area contributed by atoms with Gasteiger partial charge in [0.15, 0.2) is 0 Å². The largest absolute Gasteiger partial charge is 0.374 e. The van der Waals surface area contributed by atoms with Gasteiger partial charge in [-0.25, -0.2) is 0 Å². The zero-order chi connectivity index (χ0) is 21.0. The van der Waals surface area contributed by atoms with E-state index in [2.05, 4.69) is 46.5 Å². The van der Waals surface area contributed by atoms with Gasteiger partial charge in [0.2, 0.25) is 0 Å². The van der Waals surface area contributed by atoms with E-state index >= 15 is 0 Å². The average molecular weight is 396 g/mol. The van der Waals surface area contributed by atoms with Crippen molar-refractivity contribution in [3.05, 3.63) is 40.7 Å². The Morgan fingerprint density at radius 1 is 1.31 bits per heavy atom. The fourth-order valence-corrected chi connectivity index (χ4v) is 3.90. The van der Waals surface area contributed by atoms with Crippen molar-refractivity contribution in [2.24, 2.45) is 10.8 Å². The first-order chi connectivity index (χ1) is 13.9. The molecule has 0 radical (unpaired) electrons. The Balaban J connectivity index is 2.15. The van der Waals surface area contributed by atoms with Gasteiger partial charge < -0.3 is 20.4 Å². The maximum atomic E-state index is 11.9. The Morgan fingerprint density at radius 3 is 2.83 bits per heavy atom. The molecule has 29 heavy (non-hydrogen) atoms. The maximum absolute atomic E-state index is 11.9. The van der Waals surface area contributed by atoms with Crippen LogP contribution in [0.2, 0.25) is 0 Å². The van der Waals surface area contributed by atoms with Gasteiger partial charge in [-0.3, -0.25) is 5.43 Å². The summed E-state index contributed by atoms with van der Waals surface area (Å²) in [5.74, 6) is 0. The van der Waals surface area contributed by atoms with Gasteiger partial charge in [0.1, 0.15) is 6.29 Å². The molecule has 0 fully saturated rings. The summed E-state index contributed by atoms with van der Waals surface area (Å²) in [7, 11) is 2.08. The quantitative estimate of drug-likeness (QED) is 0.653. The fraction of sp³-hybridized carbons (Fsp3) is 0.478. The number of nitrogens with one attached hydrogen (secondary N) is 2. The monoisotopic (exact) mass is 395 g/mol. The molecule has 0 bridgehead atoms. The van der Waals surface area contributed by atoms with Crippen LogP contribution >= 0.6 is 0 Å². The SMILES string of the molecule is C/C1=C\N/N=C/c2[nH]c3cc(C(C)(C)C=O)c(N(C)CCCN)cc3c2CCC1. The molecule has 1 aromatic heterocycles. The lowest BCUT2D eigenvalue weighted by Crippen LogP contribution is -2.27. The summed E-state index contributed by atoms with van der Waals surface area (Å²) in [4.78, 5) is 17.6. The van der Waals surface area contributed by atoms with E-state index in [1.165, 1.54) is 16.5 Å². The van der Waals surface area contributed by atoms with Crippen LogP contribution in [0.15, 0.2) is 29.0 Å². The first-order valence-corrected chi connectivity index (χ1v) is 10.4. The van der Waals surface area contributed by atoms with Crippen molar-refractivity contribution in [3.63, 3.8) is 0 Å². The van der Waals surface area contributed by atoms with Crippen LogP contribution < -0.4 is 16.1 Å². The molecule has 1 aliphatic heterocycles. The van der Waals surface area contributed by atoms with E-state index in [1.54, 1.807) is 0 Å². The molecule has 1 aliphatic rings. The average Bonchev–Trinajstić information content (AvgIpc) is 3.05. The van der Waals surface area contributed by atoms with Crippen LogP contribution in [0.1, 0.15) is 56.9 Å². The van der Waals surface area contributed by atoms with E-state index in [9.17, 15) is 4.79 Å². The number of anilines is 1. The van der Waals surface area contributed by atoms with Gasteiger partial charge in [0.05, 0.1) is 11.9 Å². The van der Waals surface area contributed by atoms with Crippen molar-refractivity contribution >= 4 is 29.1 Å². The molecule has 1 aromatic carbocycles. The first-order valence-electron chi connectivity index (χ1n) is 10.4. The van der Waals surface area contributed by atoms with Crippen LogP contribution in [0.5, 0.6) is 0 Å². The second-order valence-electron chi connectivity index (χ2n) is 8.57. The molecule has 3 rings (SSSR count). The van der Waals surface area contributed by atoms with Crippen molar-refractivity contribution in [1.82, 2.24) is 10.4 Å². The molecule has 0 saturated heterocycles. The molecular formula is C23H33N5O. The number of fused-ring (bicyclic) bond motifs is 3. The van der Waals surface area contributed by atoms with E-state index in [4.69, 9.17) is 5.73 Å². The minimum absolute atomic E-state index is 0.578. The number of nitrogens with two attached hydrogens (primary N) is 1. The maximum Gasteiger partial charge on any atom is 0.130 e. The normalized spacial score (nSPS) is 17.8. The van der Waals surface area contributed by atoms with E-state index in [-0.39, 0.29) is 0 Å². The third-order valence-corrected chi connectivity index (χ3v) is 5.73. The predicted octanol–water partition coefficient (Wildman–Crippen LogP) is 3.59. The van der Waals surface area contributed by atoms with Gasteiger partial charge in [0.25, 0.3) is 0 Å². The van der Waals surface area contributed by atoms with Crippen molar-refractivity contribution in [1.29, 1.82) is 0 Å². The number of aromatic amines is 1. The number of hydrogen-bond donors (Lipinski definition) is 3. The standard InChI is InChI=1S/C23H33N5O/c1-16-7-5-8-17-18-11-22(28(4)10-6-9-24)19(23(2,3)15-29)12-20(18)27-21(17)14-26-25-13-16/h11-15,25,27H,5-10,24H2,1-4H3/b16-13+,26-14+. The third-order valence-electron chi connectivity index (χ3n) is 5.73. The Morgan fingerprint density at radius 2 is 2.10 bits per heavy atom. The van der Waals surface area contributed by atoms with Crippen molar-refractivity contribution in [2.75, 3.05) is 25.0 Å². The number of carbonyl (C=O) groups is 1. The van der Waals surface area contributed by atoms with Gasteiger partial charge in [-0.05, 0) is 76.3 Å². The van der Waals surface area contributed by atoms with Crippen molar-refractivity contribution in [2.45, 2.75) is 51.9 Å². The van der Waals surface area contributed by atoms with Gasteiger partial charge in [0, 0.05) is 41.8 Å². The lowest BCUT2D eigenvalue weighted by Gasteiger charge is -2.28. The Bertz CT molecular complexity index is 938. The van der Waals surface area contributed by atoms with Gasteiger partial charge >= 0.3 is 0 Å². The van der Waals surface area contributed by atoms with Gasteiger partial charge in [-0.2, -0.15) is 5.10 Å². The number of H-pyrrole nitrogens is 1. The topological polar surface area (TPSA) is 86.5 Å². The number of allylic oxidation sites excluding steroid dienone is 1. The highest BCUT2D eigenvalue weighted by Gasteiger charge is 2.26. The lowest BCUT2D eigenvalue weighted by molar-refractivity contribution is -0.111. The summed E-state index contributed by atoms with van der Waals surface area (Å²) in [6.45, 7) is 7.56. The van der Waals surface area contributed by atoms with Crippen LogP contribution in [0.3, 0.4) is 0 Å². The minimum atomic E-state index is -0.578. The van der Waals surface area contributed by atoms with Crippen molar-refractivity contribution in [3.8, 4) is 0 Å². The minimum Gasteiger partial charge on any atom is -0.374 e. The highest BCUT2D eigenvalue weighted by molar-refractivity contribution is 5.97. The second kappa shape index (κ2) is 8.82. The summed E-state index contributed by atoms with van der Waals surface area (Å²) in [6.07, 6.45) is 8.85. The molecule has 0 amide bonds. The number of hydrazone groups is 1. The first kappa shape index (κ1) is 21.1. The van der Waals surface area contributed by atoms with E-state index in [0.29, 0.717) is 6.54 Å². The molecule has 4 N–H and O–H groups in total. The Hall–Kier alpha value is -2.60. The fourth-order valence-electron chi connectivity index (χ4n) is 3.90. The summed E-state index contributed by atoms with van der Waals surface area (Å²) in [6, 6.07) is 4.37. The van der Waals surface area contributed by atoms with Gasteiger partial charge in [-0.15, -0.1) is 0 Å². The van der Waals surface area contributed by atoms with Gasteiger partial charge in [-0.1, -0.05) is 5.57 Å². The molecule has 0 spiro atoms. The smallest absolute Gasteiger partial charge is 0.130 e. The summed E-state index contributed by atoms with van der Waals surface area (Å²) < 4.78 is 0. The number of aldehydes is 1. The zero-order valence-electron chi connectivity index (χ0n) is 18.0. The molecule has 6 heteroatoms. The number of aromatic nitrogens is 1. The number of hydrogen-bond acceptors (Lipinski definition) is 5. The lowest BCUT2D eigenvalue weighted by atomic mass is 9.84. The molecule has 0 atom stereocenters. The number of benzene rings is 1. The highest BCUT2D eigenvalue weighted by atomic mass is 16.1. The van der Waals surface area contributed by atoms with E-state index < -0.39 is 5.41 Å². The molecule has 2 aromatic rings. The van der Waals surface area contributed by atoms with Crippen LogP contribution in [-0.2, 0) is 16.6 Å². The molecule has 2 heterocycles. The number of aryl methyl sites for hydroxylation is 1. The molecule has 6 nitrogen and oxygen atoms in total. The zero-order valence-corrected chi connectivity index (χ0v) is 18.0. The van der Waals surface area contributed by atoms with Crippen molar-refractivity contribution < 1.29 is 4.79 Å². The summed E-state index contributed by atoms with van der Waals surface area (Å²) in [5.41, 5.74) is 14.9. The number of nitrogens with zero attached hydrogens (tertiary/aromatic N) is 2. The molecule has 0 saturated carbocycles. The Labute approximate surface area is 173 Å². The molecular weight excluding hydrogens is 362 g/mol. The molecule has 0 unspecified atom stereocenters. The molecule has 156 valence electrons. The van der Waals surface area contributed by atoms with E-state index in [0.717, 1.165) is 61.0 Å².